The molecule has 1 aromatic carbocycles. The zero-order valence-corrected chi connectivity index (χ0v) is 13.5. The Labute approximate surface area is 128 Å². The molecule has 0 aliphatic carbocycles. The summed E-state index contributed by atoms with van der Waals surface area (Å²) in [7, 11) is 0. The van der Waals surface area contributed by atoms with Gasteiger partial charge in [-0.25, -0.2) is 0 Å². The Kier molecular flexibility index (Phi) is 5.20. The summed E-state index contributed by atoms with van der Waals surface area (Å²) in [4.78, 5) is 0. The second-order valence-corrected chi connectivity index (χ2v) is 5.63. The maximum atomic E-state index is 5.74. The Morgan fingerprint density at radius 1 is 1.35 bits per heavy atom. The first-order chi connectivity index (χ1) is 9.61. The third kappa shape index (κ3) is 3.61. The molecule has 20 heavy (non-hydrogen) atoms. The van der Waals surface area contributed by atoms with E-state index in [9.17, 15) is 0 Å². The maximum absolute atomic E-state index is 5.74. The quantitative estimate of drug-likeness (QED) is 0.881. The van der Waals surface area contributed by atoms with Crippen LogP contribution in [0.4, 0.5) is 0 Å². The molecule has 0 atom stereocenters. The number of nitrogens with zero attached hydrogens (tertiary/aromatic N) is 2. The van der Waals surface area contributed by atoms with Crippen LogP contribution in [0.5, 0.6) is 5.75 Å². The van der Waals surface area contributed by atoms with E-state index in [1.54, 1.807) is 0 Å². The number of nitrogens with two attached hydrogens (primary N) is 1. The topological polar surface area (TPSA) is 53.1 Å². The van der Waals surface area contributed by atoms with Gasteiger partial charge >= 0.3 is 0 Å². The SMILES string of the molecule is Cc1nn(CCOc2cccc(Br)c2)c(C)c1CCN. The molecule has 0 spiro atoms. The Bertz CT molecular complexity index is 580. The maximum Gasteiger partial charge on any atom is 0.120 e. The van der Waals surface area contributed by atoms with Crippen molar-refractivity contribution in [3.63, 3.8) is 0 Å². The first kappa shape index (κ1) is 15.1. The van der Waals surface area contributed by atoms with Crippen LogP contribution in [0.25, 0.3) is 0 Å². The van der Waals surface area contributed by atoms with Crippen LogP contribution in [0.2, 0.25) is 0 Å². The predicted octanol–water partition coefficient (Wildman–Crippen LogP) is 2.84. The van der Waals surface area contributed by atoms with Gasteiger partial charge in [-0.1, -0.05) is 22.0 Å². The number of benzene rings is 1. The van der Waals surface area contributed by atoms with Crippen molar-refractivity contribution in [1.82, 2.24) is 9.78 Å². The molecule has 0 aliphatic rings. The number of rotatable bonds is 6. The van der Waals surface area contributed by atoms with Crippen LogP contribution in [-0.4, -0.2) is 22.9 Å². The standard InChI is InChI=1S/C15H20BrN3O/c1-11-15(6-7-17)12(2)19(18-11)8-9-20-14-5-3-4-13(16)10-14/h3-5,10H,6-9,17H2,1-2H3. The second-order valence-electron chi connectivity index (χ2n) is 4.72. The highest BCUT2D eigenvalue weighted by Crippen LogP contribution is 2.18. The fourth-order valence-corrected chi connectivity index (χ4v) is 2.64. The second kappa shape index (κ2) is 6.90. The molecule has 0 saturated carbocycles. The van der Waals surface area contributed by atoms with Crippen molar-refractivity contribution in [2.45, 2.75) is 26.8 Å². The lowest BCUT2D eigenvalue weighted by atomic mass is 10.1. The van der Waals surface area contributed by atoms with E-state index >= 15 is 0 Å². The van der Waals surface area contributed by atoms with E-state index in [2.05, 4.69) is 28.0 Å². The van der Waals surface area contributed by atoms with Crippen LogP contribution >= 0.6 is 15.9 Å². The van der Waals surface area contributed by atoms with Gasteiger partial charge in [0.25, 0.3) is 0 Å². The number of hydrogen-bond donors (Lipinski definition) is 1. The van der Waals surface area contributed by atoms with Crippen LogP contribution in [-0.2, 0) is 13.0 Å². The Morgan fingerprint density at radius 3 is 2.85 bits per heavy atom. The largest absolute Gasteiger partial charge is 0.492 e. The van der Waals surface area contributed by atoms with E-state index in [0.29, 0.717) is 13.2 Å². The van der Waals surface area contributed by atoms with Gasteiger partial charge in [-0.3, -0.25) is 4.68 Å². The van der Waals surface area contributed by atoms with Gasteiger partial charge in [0, 0.05) is 10.2 Å². The van der Waals surface area contributed by atoms with E-state index in [4.69, 9.17) is 10.5 Å². The summed E-state index contributed by atoms with van der Waals surface area (Å²) in [5, 5.41) is 4.55. The van der Waals surface area contributed by atoms with E-state index in [0.717, 1.165) is 28.9 Å². The van der Waals surface area contributed by atoms with Crippen LogP contribution in [0, 0.1) is 13.8 Å². The van der Waals surface area contributed by atoms with E-state index in [1.807, 2.05) is 35.9 Å². The number of aryl methyl sites for hydroxylation is 1. The third-order valence-electron chi connectivity index (χ3n) is 3.29. The van der Waals surface area contributed by atoms with E-state index in [-0.39, 0.29) is 0 Å². The summed E-state index contributed by atoms with van der Waals surface area (Å²) in [6, 6.07) is 7.85. The average molecular weight is 338 g/mol. The zero-order valence-electron chi connectivity index (χ0n) is 11.9. The van der Waals surface area contributed by atoms with Gasteiger partial charge in [0.2, 0.25) is 0 Å². The predicted molar refractivity (Wildman–Crippen MR) is 84.1 cm³/mol. The molecule has 108 valence electrons. The lowest BCUT2D eigenvalue weighted by Crippen LogP contribution is -2.11. The van der Waals surface area contributed by atoms with Crippen LogP contribution in [0.15, 0.2) is 28.7 Å². The van der Waals surface area contributed by atoms with Crippen molar-refractivity contribution in [1.29, 1.82) is 0 Å². The zero-order chi connectivity index (χ0) is 14.5. The van der Waals surface area contributed by atoms with Crippen molar-refractivity contribution < 1.29 is 4.74 Å². The fraction of sp³-hybridized carbons (Fsp3) is 0.400. The molecule has 1 heterocycles. The molecule has 2 rings (SSSR count). The first-order valence-electron chi connectivity index (χ1n) is 6.73. The van der Waals surface area contributed by atoms with Gasteiger partial charge in [-0.2, -0.15) is 5.10 Å². The fourth-order valence-electron chi connectivity index (χ4n) is 2.26. The summed E-state index contributed by atoms with van der Waals surface area (Å²) in [5.41, 5.74) is 9.14. The summed E-state index contributed by atoms with van der Waals surface area (Å²) in [6.07, 6.45) is 0.879. The Balaban J connectivity index is 1.96. The highest BCUT2D eigenvalue weighted by Gasteiger charge is 2.10. The van der Waals surface area contributed by atoms with Gasteiger partial charge < -0.3 is 10.5 Å². The Morgan fingerprint density at radius 2 is 2.15 bits per heavy atom. The average Bonchev–Trinajstić information content (AvgIpc) is 2.67. The van der Waals surface area contributed by atoms with Crippen molar-refractivity contribution in [2.24, 2.45) is 5.73 Å². The van der Waals surface area contributed by atoms with E-state index in [1.165, 1.54) is 11.3 Å². The van der Waals surface area contributed by atoms with E-state index < -0.39 is 0 Å². The number of halogens is 1. The third-order valence-corrected chi connectivity index (χ3v) is 3.79. The molecule has 0 amide bonds. The first-order valence-corrected chi connectivity index (χ1v) is 7.52. The summed E-state index contributed by atoms with van der Waals surface area (Å²) in [6.45, 7) is 6.11. The van der Waals surface area contributed by atoms with Crippen LogP contribution < -0.4 is 10.5 Å². The molecule has 1 aromatic heterocycles. The van der Waals surface area contributed by atoms with Crippen molar-refractivity contribution >= 4 is 15.9 Å². The van der Waals surface area contributed by atoms with Gasteiger partial charge in [0.15, 0.2) is 0 Å². The van der Waals surface area contributed by atoms with Crippen LogP contribution in [0.3, 0.4) is 0 Å². The summed E-state index contributed by atoms with van der Waals surface area (Å²) in [5.74, 6) is 0.864. The van der Waals surface area contributed by atoms with Gasteiger partial charge in [0.1, 0.15) is 12.4 Å². The van der Waals surface area contributed by atoms with Crippen LogP contribution in [0.1, 0.15) is 17.0 Å². The smallest absolute Gasteiger partial charge is 0.120 e. The van der Waals surface area contributed by atoms with Crippen molar-refractivity contribution in [3.8, 4) is 5.75 Å². The van der Waals surface area contributed by atoms with Gasteiger partial charge in [-0.15, -0.1) is 0 Å². The molecule has 0 unspecified atom stereocenters. The minimum Gasteiger partial charge on any atom is -0.492 e. The number of ether oxygens (including phenoxy) is 1. The van der Waals surface area contributed by atoms with Crippen molar-refractivity contribution in [2.75, 3.05) is 13.2 Å². The number of hydrogen-bond acceptors (Lipinski definition) is 3. The highest BCUT2D eigenvalue weighted by molar-refractivity contribution is 9.10. The molecule has 4 nitrogen and oxygen atoms in total. The Hall–Kier alpha value is -1.33. The molecule has 5 heteroatoms. The molecule has 0 fully saturated rings. The molecule has 2 N–H and O–H groups in total. The minimum absolute atomic E-state index is 0.598. The summed E-state index contributed by atoms with van der Waals surface area (Å²) < 4.78 is 8.76. The molecule has 0 saturated heterocycles. The molecule has 0 bridgehead atoms. The lowest BCUT2D eigenvalue weighted by Gasteiger charge is -2.08. The molecule has 0 radical (unpaired) electrons. The van der Waals surface area contributed by atoms with Crippen molar-refractivity contribution in [3.05, 3.63) is 45.7 Å². The van der Waals surface area contributed by atoms with Gasteiger partial charge in [-0.05, 0) is 50.6 Å². The molecular formula is C15H20BrN3O. The molecule has 0 aliphatic heterocycles. The lowest BCUT2D eigenvalue weighted by molar-refractivity contribution is 0.289. The number of aromatic nitrogens is 2. The molecule has 2 aromatic rings. The monoisotopic (exact) mass is 337 g/mol. The van der Waals surface area contributed by atoms with Gasteiger partial charge in [0.05, 0.1) is 12.2 Å². The minimum atomic E-state index is 0.598. The normalized spacial score (nSPS) is 10.8. The summed E-state index contributed by atoms with van der Waals surface area (Å²) >= 11 is 3.43. The molecular weight excluding hydrogens is 318 g/mol. The highest BCUT2D eigenvalue weighted by atomic mass is 79.9.